The Balaban J connectivity index is 1.77. The van der Waals surface area contributed by atoms with Gasteiger partial charge in [-0.25, -0.2) is 0 Å². The van der Waals surface area contributed by atoms with E-state index in [9.17, 15) is 13.9 Å². The molecule has 0 aromatic heterocycles. The second-order valence-electron chi connectivity index (χ2n) is 8.38. The van der Waals surface area contributed by atoms with Crippen molar-refractivity contribution in [1.82, 2.24) is 0 Å². The summed E-state index contributed by atoms with van der Waals surface area (Å²) in [6.07, 6.45) is -6.43. The number of hydrogen-bond acceptors (Lipinski definition) is 4. The summed E-state index contributed by atoms with van der Waals surface area (Å²) < 4.78 is 38.4. The first-order chi connectivity index (χ1) is 16.0. The van der Waals surface area contributed by atoms with E-state index >= 15 is 0 Å². The normalized spacial score (nSPS) is 12.9. The van der Waals surface area contributed by atoms with Crippen LogP contribution in [0.3, 0.4) is 0 Å². The standard InChI is InChI=1S/C26H26Cl2F2O4/c1-25(2,18-8-10-20(11-9-18)34-26(29,30)23(32)12-13-31)19-14-21(27)24(22(28)15-19)33-16-17-6-4-3-5-7-17/h3-11,14-15,23,31-32H,12-13,16H2,1-2H3. The highest BCUT2D eigenvalue weighted by molar-refractivity contribution is 6.37. The molecule has 0 aliphatic rings. The summed E-state index contributed by atoms with van der Waals surface area (Å²) in [5.41, 5.74) is 2.04. The third kappa shape index (κ3) is 6.19. The van der Waals surface area contributed by atoms with Crippen LogP contribution in [0.25, 0.3) is 0 Å². The number of rotatable bonds is 10. The van der Waals surface area contributed by atoms with Crippen molar-refractivity contribution in [1.29, 1.82) is 0 Å². The van der Waals surface area contributed by atoms with Crippen molar-refractivity contribution in [2.75, 3.05) is 6.61 Å². The zero-order chi connectivity index (χ0) is 24.9. The second-order valence-corrected chi connectivity index (χ2v) is 9.20. The minimum absolute atomic E-state index is 0.109. The quantitative estimate of drug-likeness (QED) is 0.322. The molecule has 3 rings (SSSR count). The van der Waals surface area contributed by atoms with Crippen molar-refractivity contribution < 1.29 is 28.5 Å². The number of benzene rings is 3. The van der Waals surface area contributed by atoms with E-state index < -0.39 is 30.7 Å². The van der Waals surface area contributed by atoms with Crippen LogP contribution in [0, 0.1) is 0 Å². The molecule has 0 aliphatic carbocycles. The lowest BCUT2D eigenvalue weighted by Crippen LogP contribution is -2.39. The maximum Gasteiger partial charge on any atom is 0.424 e. The van der Waals surface area contributed by atoms with Crippen molar-refractivity contribution in [3.8, 4) is 11.5 Å². The van der Waals surface area contributed by atoms with E-state index in [-0.39, 0.29) is 5.75 Å². The Labute approximate surface area is 207 Å². The van der Waals surface area contributed by atoms with Gasteiger partial charge in [0, 0.05) is 18.4 Å². The van der Waals surface area contributed by atoms with E-state index in [0.717, 1.165) is 16.7 Å². The van der Waals surface area contributed by atoms with Gasteiger partial charge in [-0.2, -0.15) is 8.78 Å². The molecule has 0 radical (unpaired) electrons. The Morgan fingerprint density at radius 3 is 2.06 bits per heavy atom. The molecule has 0 bridgehead atoms. The van der Waals surface area contributed by atoms with Crippen LogP contribution >= 0.6 is 23.2 Å². The van der Waals surface area contributed by atoms with Gasteiger partial charge in [-0.1, -0.05) is 79.5 Å². The first-order valence-electron chi connectivity index (χ1n) is 10.7. The topological polar surface area (TPSA) is 58.9 Å². The van der Waals surface area contributed by atoms with Crippen LogP contribution in [0.2, 0.25) is 10.0 Å². The molecule has 0 saturated heterocycles. The number of ether oxygens (including phenoxy) is 2. The molecule has 1 atom stereocenters. The molecule has 0 heterocycles. The minimum Gasteiger partial charge on any atom is -0.486 e. The zero-order valence-electron chi connectivity index (χ0n) is 18.8. The summed E-state index contributed by atoms with van der Waals surface area (Å²) in [6, 6.07) is 19.3. The predicted molar refractivity (Wildman–Crippen MR) is 129 cm³/mol. The molecule has 8 heteroatoms. The van der Waals surface area contributed by atoms with Gasteiger partial charge in [0.25, 0.3) is 0 Å². The number of aliphatic hydroxyl groups is 2. The third-order valence-electron chi connectivity index (χ3n) is 5.57. The fraction of sp³-hybridized carbons (Fsp3) is 0.308. The van der Waals surface area contributed by atoms with Crippen LogP contribution in [0.4, 0.5) is 8.78 Å². The molecule has 0 amide bonds. The molecule has 4 nitrogen and oxygen atoms in total. The van der Waals surface area contributed by atoms with E-state index in [0.29, 0.717) is 22.4 Å². The van der Waals surface area contributed by atoms with Gasteiger partial charge in [0.1, 0.15) is 12.4 Å². The largest absolute Gasteiger partial charge is 0.486 e. The Hall–Kier alpha value is -2.38. The van der Waals surface area contributed by atoms with Crippen molar-refractivity contribution >= 4 is 23.2 Å². The monoisotopic (exact) mass is 510 g/mol. The summed E-state index contributed by atoms with van der Waals surface area (Å²) >= 11 is 13.0. The number of halogens is 4. The van der Waals surface area contributed by atoms with Gasteiger partial charge in [-0.3, -0.25) is 0 Å². The molecular formula is C26H26Cl2F2O4. The van der Waals surface area contributed by atoms with E-state index in [1.165, 1.54) is 12.1 Å². The molecule has 0 fully saturated rings. The van der Waals surface area contributed by atoms with Crippen LogP contribution in [0.15, 0.2) is 66.7 Å². The van der Waals surface area contributed by atoms with Crippen LogP contribution in [0.5, 0.6) is 11.5 Å². The van der Waals surface area contributed by atoms with Crippen LogP contribution < -0.4 is 9.47 Å². The summed E-state index contributed by atoms with van der Waals surface area (Å²) in [5.74, 6) is 0.279. The number of hydrogen-bond donors (Lipinski definition) is 2. The maximum absolute atomic E-state index is 14.0. The average Bonchev–Trinajstić information content (AvgIpc) is 2.79. The van der Waals surface area contributed by atoms with E-state index in [4.69, 9.17) is 33.0 Å². The van der Waals surface area contributed by atoms with Gasteiger partial charge in [0.2, 0.25) is 0 Å². The van der Waals surface area contributed by atoms with Crippen molar-refractivity contribution in [3.63, 3.8) is 0 Å². The first kappa shape index (κ1) is 26.2. The SMILES string of the molecule is CC(C)(c1ccc(OC(F)(F)C(O)CCO)cc1)c1cc(Cl)c(OCc2ccccc2)c(Cl)c1. The molecular weight excluding hydrogens is 485 g/mol. The summed E-state index contributed by atoms with van der Waals surface area (Å²) in [6.45, 7) is 3.65. The van der Waals surface area contributed by atoms with Crippen LogP contribution in [-0.2, 0) is 12.0 Å². The first-order valence-corrected chi connectivity index (χ1v) is 11.4. The Morgan fingerprint density at radius 2 is 1.50 bits per heavy atom. The molecule has 0 saturated carbocycles. The number of alkyl halides is 2. The average molecular weight is 511 g/mol. The predicted octanol–water partition coefficient (Wildman–Crippen LogP) is 6.61. The van der Waals surface area contributed by atoms with E-state index in [1.54, 1.807) is 24.3 Å². The smallest absolute Gasteiger partial charge is 0.424 e. The van der Waals surface area contributed by atoms with Crippen LogP contribution in [-0.4, -0.2) is 29.0 Å². The highest BCUT2D eigenvalue weighted by Gasteiger charge is 2.41. The Kier molecular flexibility index (Phi) is 8.42. The highest BCUT2D eigenvalue weighted by Crippen LogP contribution is 2.41. The third-order valence-corrected chi connectivity index (χ3v) is 6.13. The highest BCUT2D eigenvalue weighted by atomic mass is 35.5. The zero-order valence-corrected chi connectivity index (χ0v) is 20.3. The van der Waals surface area contributed by atoms with Crippen molar-refractivity contribution in [3.05, 3.63) is 93.5 Å². The maximum atomic E-state index is 14.0. The summed E-state index contributed by atoms with van der Waals surface area (Å²) in [4.78, 5) is 0. The fourth-order valence-electron chi connectivity index (χ4n) is 3.41. The van der Waals surface area contributed by atoms with Gasteiger partial charge in [-0.05, 0) is 41.0 Å². The minimum atomic E-state index is -3.82. The molecule has 1 unspecified atom stereocenters. The fourth-order valence-corrected chi connectivity index (χ4v) is 4.01. The summed E-state index contributed by atoms with van der Waals surface area (Å²) in [7, 11) is 0. The molecule has 2 N–H and O–H groups in total. The lowest BCUT2D eigenvalue weighted by atomic mass is 9.78. The van der Waals surface area contributed by atoms with Gasteiger partial charge in [0.05, 0.1) is 10.0 Å². The van der Waals surface area contributed by atoms with Gasteiger partial charge in [-0.15, -0.1) is 0 Å². The van der Waals surface area contributed by atoms with Gasteiger partial charge < -0.3 is 19.7 Å². The van der Waals surface area contributed by atoms with Crippen molar-refractivity contribution in [2.24, 2.45) is 0 Å². The molecule has 182 valence electrons. The lowest BCUT2D eigenvalue weighted by molar-refractivity contribution is -0.242. The molecule has 3 aromatic rings. The van der Waals surface area contributed by atoms with Gasteiger partial charge >= 0.3 is 6.11 Å². The number of aliphatic hydroxyl groups excluding tert-OH is 2. The Morgan fingerprint density at radius 1 is 0.912 bits per heavy atom. The van der Waals surface area contributed by atoms with Crippen LogP contribution in [0.1, 0.15) is 37.0 Å². The summed E-state index contributed by atoms with van der Waals surface area (Å²) in [5, 5.41) is 19.0. The molecule has 34 heavy (non-hydrogen) atoms. The van der Waals surface area contributed by atoms with E-state index in [1.807, 2.05) is 44.2 Å². The Bertz CT molecular complexity index is 1070. The molecule has 3 aromatic carbocycles. The molecule has 0 aliphatic heterocycles. The van der Waals surface area contributed by atoms with Crippen molar-refractivity contribution in [2.45, 2.75) is 44.5 Å². The molecule has 0 spiro atoms. The van der Waals surface area contributed by atoms with Gasteiger partial charge in [0.15, 0.2) is 11.9 Å². The van der Waals surface area contributed by atoms with E-state index in [2.05, 4.69) is 4.74 Å². The lowest BCUT2D eigenvalue weighted by Gasteiger charge is -2.28. The second kappa shape index (κ2) is 10.9.